The molecule has 38 heavy (non-hydrogen) atoms. The van der Waals surface area contributed by atoms with Gasteiger partial charge >= 0.3 is 12.4 Å². The largest absolute Gasteiger partial charge is 0.455 e. The van der Waals surface area contributed by atoms with Crippen molar-refractivity contribution in [3.05, 3.63) is 95.4 Å². The Morgan fingerprint density at radius 1 is 0.789 bits per heavy atom. The van der Waals surface area contributed by atoms with Crippen molar-refractivity contribution in [1.29, 1.82) is 0 Å². The highest BCUT2D eigenvalue weighted by Crippen LogP contribution is 2.35. The number of furan rings is 2. The summed E-state index contributed by atoms with van der Waals surface area (Å²) in [6.07, 6.45) is -7.81. The molecule has 0 aliphatic carbocycles. The van der Waals surface area contributed by atoms with Crippen LogP contribution in [-0.4, -0.2) is 17.1 Å². The molecule has 5 aromatic rings. The van der Waals surface area contributed by atoms with E-state index < -0.39 is 29.4 Å². The average molecular weight is 531 g/mol. The summed E-state index contributed by atoms with van der Waals surface area (Å²) >= 11 is 0. The van der Waals surface area contributed by atoms with Crippen LogP contribution < -0.4 is 5.43 Å². The monoisotopic (exact) mass is 531 g/mol. The van der Waals surface area contributed by atoms with Gasteiger partial charge < -0.3 is 13.8 Å². The van der Waals surface area contributed by atoms with Crippen LogP contribution in [0, 0.1) is 0 Å². The zero-order valence-corrected chi connectivity index (χ0v) is 18.9. The van der Waals surface area contributed by atoms with Crippen LogP contribution in [0.4, 0.5) is 26.3 Å². The van der Waals surface area contributed by atoms with Crippen LogP contribution in [0.1, 0.15) is 27.4 Å². The van der Waals surface area contributed by atoms with Crippen molar-refractivity contribution in [2.45, 2.75) is 12.4 Å². The van der Waals surface area contributed by atoms with Gasteiger partial charge in [0, 0.05) is 23.3 Å². The highest BCUT2D eigenvalue weighted by atomic mass is 19.4. The van der Waals surface area contributed by atoms with Gasteiger partial charge in [-0.25, -0.2) is 5.43 Å². The van der Waals surface area contributed by atoms with Gasteiger partial charge in [0.2, 0.25) is 0 Å². The maximum Gasteiger partial charge on any atom is 0.416 e. The molecule has 5 rings (SSSR count). The van der Waals surface area contributed by atoms with Gasteiger partial charge in [0.25, 0.3) is 5.91 Å². The van der Waals surface area contributed by atoms with Crippen LogP contribution in [0.2, 0.25) is 0 Å². The van der Waals surface area contributed by atoms with Crippen molar-refractivity contribution >= 4 is 23.2 Å². The van der Waals surface area contributed by atoms with E-state index >= 15 is 0 Å². The lowest BCUT2D eigenvalue weighted by Gasteiger charge is -2.07. The third-order valence-electron chi connectivity index (χ3n) is 5.48. The lowest BCUT2D eigenvalue weighted by atomic mass is 10.1. The first-order valence-corrected chi connectivity index (χ1v) is 10.9. The molecule has 0 aliphatic rings. The summed E-state index contributed by atoms with van der Waals surface area (Å²) in [7, 11) is 0. The highest BCUT2D eigenvalue weighted by molar-refractivity contribution is 5.97. The van der Waals surface area contributed by atoms with E-state index in [4.69, 9.17) is 8.83 Å². The van der Waals surface area contributed by atoms with Gasteiger partial charge in [0.1, 0.15) is 23.0 Å². The topological polar surface area (TPSA) is 83.5 Å². The molecule has 3 heterocycles. The molecule has 0 unspecified atom stereocenters. The second-order valence-electron chi connectivity index (χ2n) is 8.13. The van der Waals surface area contributed by atoms with E-state index in [1.165, 1.54) is 54.7 Å². The number of H-pyrrole nitrogens is 1. The summed E-state index contributed by atoms with van der Waals surface area (Å²) in [5.41, 5.74) is 1.82. The normalized spacial score (nSPS) is 12.5. The zero-order valence-electron chi connectivity index (χ0n) is 18.9. The Labute approximate surface area is 209 Å². The predicted octanol–water partition coefficient (Wildman–Crippen LogP) is 7.49. The molecule has 0 fully saturated rings. The predicted molar refractivity (Wildman–Crippen MR) is 125 cm³/mol. The zero-order chi connectivity index (χ0) is 27.1. The van der Waals surface area contributed by atoms with Crippen LogP contribution in [-0.2, 0) is 12.4 Å². The second kappa shape index (κ2) is 9.29. The number of hydrogen-bond acceptors (Lipinski definition) is 4. The molecule has 0 atom stereocenters. The van der Waals surface area contributed by atoms with Gasteiger partial charge in [-0.2, -0.15) is 31.4 Å². The van der Waals surface area contributed by atoms with Crippen molar-refractivity contribution in [2.75, 3.05) is 0 Å². The molecule has 0 radical (unpaired) electrons. The Hall–Kier alpha value is -4.74. The summed E-state index contributed by atoms with van der Waals surface area (Å²) in [5, 5.41) is 3.78. The number of nitrogens with one attached hydrogen (secondary N) is 2. The number of rotatable bonds is 5. The molecule has 2 aromatic carbocycles. The third-order valence-corrected chi connectivity index (χ3v) is 5.48. The fourth-order valence-corrected chi connectivity index (χ4v) is 3.68. The quantitative estimate of drug-likeness (QED) is 0.140. The van der Waals surface area contributed by atoms with Crippen molar-refractivity contribution in [1.82, 2.24) is 10.4 Å². The molecule has 0 aliphatic heterocycles. The van der Waals surface area contributed by atoms with Crippen LogP contribution in [0.15, 0.2) is 86.7 Å². The minimum absolute atomic E-state index is 0.0793. The molecule has 0 saturated carbocycles. The maximum atomic E-state index is 13.0. The van der Waals surface area contributed by atoms with Crippen LogP contribution >= 0.6 is 0 Å². The molecule has 0 bridgehead atoms. The average Bonchev–Trinajstić information content (AvgIpc) is 3.58. The van der Waals surface area contributed by atoms with Crippen molar-refractivity contribution in [3.8, 4) is 22.6 Å². The number of amides is 1. The van der Waals surface area contributed by atoms with E-state index in [0.29, 0.717) is 5.52 Å². The number of nitrogens with zero attached hydrogens (tertiary/aromatic N) is 1. The lowest BCUT2D eigenvalue weighted by molar-refractivity contribution is -0.138. The number of carbonyl (C=O) groups is 1. The molecule has 12 heteroatoms. The Morgan fingerprint density at radius 3 is 2.03 bits per heavy atom. The number of carbonyl (C=O) groups excluding carboxylic acids is 1. The van der Waals surface area contributed by atoms with E-state index in [1.54, 1.807) is 0 Å². The number of halogens is 6. The molecule has 0 saturated heterocycles. The fraction of sp³-hybridized carbons (Fsp3) is 0.0769. The molecular formula is C26H15F6N3O3. The van der Waals surface area contributed by atoms with Gasteiger partial charge in [0.15, 0.2) is 5.58 Å². The van der Waals surface area contributed by atoms with Crippen LogP contribution in [0.3, 0.4) is 0 Å². The van der Waals surface area contributed by atoms with Crippen molar-refractivity contribution in [2.24, 2.45) is 5.10 Å². The van der Waals surface area contributed by atoms with Gasteiger partial charge in [-0.1, -0.05) is 24.3 Å². The Kier molecular flexibility index (Phi) is 6.09. The first-order valence-electron chi connectivity index (χ1n) is 10.9. The lowest BCUT2D eigenvalue weighted by Crippen LogP contribution is -2.17. The Morgan fingerprint density at radius 2 is 1.42 bits per heavy atom. The molecule has 2 N–H and O–H groups in total. The van der Waals surface area contributed by atoms with Crippen molar-refractivity contribution in [3.63, 3.8) is 0 Å². The fourth-order valence-electron chi connectivity index (χ4n) is 3.68. The second-order valence-corrected chi connectivity index (χ2v) is 8.13. The standard InChI is InChI=1S/C26H15F6N3O3/c27-25(28,29)16-5-1-3-14(9-16)21-8-7-18(37-21)13-33-35-24(36)20-12-23-19(34-20)11-22(38-23)15-4-2-6-17(10-15)26(30,31)32/h1-13,34H,(H,35,36). The van der Waals surface area contributed by atoms with E-state index in [0.717, 1.165) is 24.3 Å². The van der Waals surface area contributed by atoms with Gasteiger partial charge in [-0.05, 0) is 36.4 Å². The van der Waals surface area contributed by atoms with Gasteiger partial charge in [-0.3, -0.25) is 4.79 Å². The summed E-state index contributed by atoms with van der Waals surface area (Å²) in [4.78, 5) is 15.2. The minimum atomic E-state index is -4.50. The number of alkyl halides is 6. The van der Waals surface area contributed by atoms with Crippen LogP contribution in [0.25, 0.3) is 33.7 Å². The molecule has 1 amide bonds. The van der Waals surface area contributed by atoms with Crippen molar-refractivity contribution < 1.29 is 40.0 Å². The highest BCUT2D eigenvalue weighted by Gasteiger charge is 2.31. The SMILES string of the molecule is O=C(NN=Cc1ccc(-c2cccc(C(F)(F)F)c2)o1)c1cc2oc(-c3cccc(C(F)(F)F)c3)cc2[nH]1. The summed E-state index contributed by atoms with van der Waals surface area (Å²) < 4.78 is 88.8. The van der Waals surface area contributed by atoms with Gasteiger partial charge in [-0.15, -0.1) is 0 Å². The number of aromatic amines is 1. The third kappa shape index (κ3) is 5.19. The van der Waals surface area contributed by atoms with E-state index in [2.05, 4.69) is 15.5 Å². The molecule has 194 valence electrons. The summed E-state index contributed by atoms with van der Waals surface area (Å²) in [5.74, 6) is -0.0801. The maximum absolute atomic E-state index is 13.0. The number of benzene rings is 2. The summed E-state index contributed by atoms with van der Waals surface area (Å²) in [6.45, 7) is 0. The molecular weight excluding hydrogens is 516 g/mol. The van der Waals surface area contributed by atoms with E-state index in [9.17, 15) is 31.1 Å². The molecule has 6 nitrogen and oxygen atoms in total. The van der Waals surface area contributed by atoms with Gasteiger partial charge in [0.05, 0.1) is 22.9 Å². The number of hydrogen-bond donors (Lipinski definition) is 2. The first-order chi connectivity index (χ1) is 18.0. The van der Waals surface area contributed by atoms with E-state index in [-0.39, 0.29) is 39.7 Å². The summed E-state index contributed by atoms with van der Waals surface area (Å²) in [6, 6.07) is 15.1. The number of aromatic nitrogens is 1. The molecule has 3 aromatic heterocycles. The minimum Gasteiger partial charge on any atom is -0.455 e. The smallest absolute Gasteiger partial charge is 0.416 e. The number of hydrazone groups is 1. The Bertz CT molecular complexity index is 1620. The number of fused-ring (bicyclic) bond motifs is 1. The molecule has 0 spiro atoms. The Balaban J connectivity index is 1.25. The van der Waals surface area contributed by atoms with E-state index in [1.807, 2.05) is 0 Å². The first kappa shape index (κ1) is 24.9. The van der Waals surface area contributed by atoms with Crippen LogP contribution in [0.5, 0.6) is 0 Å².